The van der Waals surface area contributed by atoms with E-state index in [1.54, 1.807) is 25.1 Å². The Labute approximate surface area is 192 Å². The number of benzene rings is 1. The van der Waals surface area contributed by atoms with Crippen LogP contribution in [0.1, 0.15) is 18.5 Å². The van der Waals surface area contributed by atoms with Crippen LogP contribution in [0.5, 0.6) is 0 Å². The SMILES string of the molecule is CCOC(=O)C1=CNC(=NCCNc2ccc([N+](=O)[O-])cn2)N(C(F)(F)F)C1c1ccccc1. The van der Waals surface area contributed by atoms with Crippen molar-refractivity contribution in [1.82, 2.24) is 15.2 Å². The molecule has 2 aromatic rings. The summed E-state index contributed by atoms with van der Waals surface area (Å²) in [6.45, 7) is 1.59. The lowest BCUT2D eigenvalue weighted by Crippen LogP contribution is -2.54. The third-order valence-corrected chi connectivity index (χ3v) is 4.68. The fraction of sp³-hybridized carbons (Fsp3) is 0.286. The number of hydrogen-bond acceptors (Lipinski definition) is 7. The summed E-state index contributed by atoms with van der Waals surface area (Å²) < 4.78 is 47.5. The maximum absolute atomic E-state index is 14.2. The number of carbonyl (C=O) groups is 1. The van der Waals surface area contributed by atoms with E-state index in [1.807, 2.05) is 0 Å². The van der Waals surface area contributed by atoms with E-state index in [4.69, 9.17) is 4.74 Å². The molecule has 0 saturated carbocycles. The van der Waals surface area contributed by atoms with E-state index in [0.29, 0.717) is 5.82 Å². The van der Waals surface area contributed by atoms with Crippen LogP contribution >= 0.6 is 0 Å². The molecule has 0 spiro atoms. The first-order valence-corrected chi connectivity index (χ1v) is 10.2. The third kappa shape index (κ3) is 5.79. The first kappa shape index (κ1) is 24.5. The Morgan fingerprint density at radius 3 is 2.62 bits per heavy atom. The number of anilines is 1. The number of nitrogens with one attached hydrogen (secondary N) is 2. The molecule has 0 bridgehead atoms. The second-order valence-electron chi connectivity index (χ2n) is 6.91. The highest BCUT2D eigenvalue weighted by molar-refractivity contribution is 5.95. The smallest absolute Gasteiger partial charge is 0.463 e. The highest BCUT2D eigenvalue weighted by Gasteiger charge is 2.49. The van der Waals surface area contributed by atoms with Crippen LogP contribution in [0, 0.1) is 10.1 Å². The fourth-order valence-corrected chi connectivity index (χ4v) is 3.23. The Morgan fingerprint density at radius 1 is 1.29 bits per heavy atom. The average Bonchev–Trinajstić information content (AvgIpc) is 2.81. The molecule has 1 aromatic heterocycles. The Hall–Kier alpha value is -4.16. The number of hydrogen-bond donors (Lipinski definition) is 2. The van der Waals surface area contributed by atoms with E-state index < -0.39 is 29.2 Å². The molecule has 1 aromatic carbocycles. The number of esters is 1. The Morgan fingerprint density at radius 2 is 2.03 bits per heavy atom. The minimum absolute atomic E-state index is 0.00694. The molecule has 0 fully saturated rings. The second-order valence-corrected chi connectivity index (χ2v) is 6.91. The number of aliphatic imine (C=N–C) groups is 1. The summed E-state index contributed by atoms with van der Waals surface area (Å²) in [7, 11) is 0. The van der Waals surface area contributed by atoms with Gasteiger partial charge in [-0.05, 0) is 18.6 Å². The molecule has 2 heterocycles. The van der Waals surface area contributed by atoms with Crippen LogP contribution in [0.4, 0.5) is 24.7 Å². The summed E-state index contributed by atoms with van der Waals surface area (Å²) in [5.41, 5.74) is -0.159. The number of pyridine rings is 1. The molecule has 10 nitrogen and oxygen atoms in total. The van der Waals surface area contributed by atoms with Gasteiger partial charge >= 0.3 is 12.3 Å². The average molecular weight is 478 g/mol. The quantitative estimate of drug-likeness (QED) is 0.195. The highest BCUT2D eigenvalue weighted by Crippen LogP contribution is 2.39. The summed E-state index contributed by atoms with van der Waals surface area (Å²) in [5.74, 6) is -1.06. The van der Waals surface area contributed by atoms with Crippen molar-refractivity contribution in [2.75, 3.05) is 25.0 Å². The molecule has 34 heavy (non-hydrogen) atoms. The number of nitrogens with zero attached hydrogens (tertiary/aromatic N) is 4. The van der Waals surface area contributed by atoms with Gasteiger partial charge in [-0.1, -0.05) is 30.3 Å². The lowest BCUT2D eigenvalue weighted by atomic mass is 9.96. The number of guanidine groups is 1. The van der Waals surface area contributed by atoms with Crippen molar-refractivity contribution in [2.24, 2.45) is 4.99 Å². The normalized spacial score (nSPS) is 17.1. The van der Waals surface area contributed by atoms with Gasteiger partial charge in [0.15, 0.2) is 0 Å². The van der Waals surface area contributed by atoms with E-state index >= 15 is 0 Å². The van der Waals surface area contributed by atoms with E-state index in [1.165, 1.54) is 30.5 Å². The van der Waals surface area contributed by atoms with Gasteiger partial charge in [-0.2, -0.15) is 0 Å². The zero-order valence-electron chi connectivity index (χ0n) is 18.0. The van der Waals surface area contributed by atoms with Crippen molar-refractivity contribution >= 4 is 23.4 Å². The van der Waals surface area contributed by atoms with E-state index in [2.05, 4.69) is 20.6 Å². The predicted molar refractivity (Wildman–Crippen MR) is 117 cm³/mol. The lowest BCUT2D eigenvalue weighted by Gasteiger charge is -2.39. The largest absolute Gasteiger partial charge is 0.488 e. The molecule has 0 radical (unpaired) electrons. The highest BCUT2D eigenvalue weighted by atomic mass is 19.4. The van der Waals surface area contributed by atoms with Gasteiger partial charge < -0.3 is 15.4 Å². The zero-order valence-corrected chi connectivity index (χ0v) is 18.0. The standard InChI is InChI=1S/C21H21F3N6O4/c1-2-34-19(31)16-13-28-20(26-11-10-25-17-9-8-15(12-27-17)30(32)33)29(21(22,23)24)18(16)14-6-4-3-5-7-14/h3-9,12-13,18H,2,10-11H2,1H3,(H,25,27)(H,26,28). The minimum Gasteiger partial charge on any atom is -0.463 e. The van der Waals surface area contributed by atoms with Crippen molar-refractivity contribution in [1.29, 1.82) is 0 Å². The topological polar surface area (TPSA) is 122 Å². The van der Waals surface area contributed by atoms with Gasteiger partial charge in [0, 0.05) is 18.8 Å². The summed E-state index contributed by atoms with van der Waals surface area (Å²) >= 11 is 0. The Kier molecular flexibility index (Phi) is 7.66. The summed E-state index contributed by atoms with van der Waals surface area (Å²) in [6.07, 6.45) is -2.64. The maximum Gasteiger partial charge on any atom is 0.488 e. The summed E-state index contributed by atoms with van der Waals surface area (Å²) in [4.78, 5) is 30.5. The maximum atomic E-state index is 14.2. The first-order chi connectivity index (χ1) is 16.2. The third-order valence-electron chi connectivity index (χ3n) is 4.68. The second kappa shape index (κ2) is 10.6. The molecule has 0 saturated heterocycles. The Balaban J connectivity index is 1.83. The molecule has 1 aliphatic heterocycles. The van der Waals surface area contributed by atoms with Gasteiger partial charge in [-0.3, -0.25) is 15.1 Å². The molecule has 1 aliphatic rings. The number of ether oxygens (including phenoxy) is 1. The lowest BCUT2D eigenvalue weighted by molar-refractivity contribution is -0.385. The number of carbonyl (C=O) groups excluding carboxylic acids is 1. The molecular formula is C21H21F3N6O4. The van der Waals surface area contributed by atoms with Gasteiger partial charge in [0.2, 0.25) is 5.96 Å². The number of nitro groups is 1. The van der Waals surface area contributed by atoms with Crippen molar-refractivity contribution in [3.05, 3.63) is 76.1 Å². The fourth-order valence-electron chi connectivity index (χ4n) is 3.23. The molecule has 2 N–H and O–H groups in total. The number of rotatable bonds is 8. The van der Waals surface area contributed by atoms with Gasteiger partial charge in [0.1, 0.15) is 12.0 Å². The van der Waals surface area contributed by atoms with Crippen molar-refractivity contribution in [3.8, 4) is 0 Å². The molecule has 0 aliphatic carbocycles. The minimum atomic E-state index is -4.87. The van der Waals surface area contributed by atoms with E-state index in [9.17, 15) is 28.1 Å². The number of alkyl halides is 3. The Bertz CT molecular complexity index is 1070. The van der Waals surface area contributed by atoms with Crippen LogP contribution in [-0.4, -0.2) is 52.7 Å². The van der Waals surface area contributed by atoms with Crippen molar-refractivity contribution in [2.45, 2.75) is 19.3 Å². The van der Waals surface area contributed by atoms with Crippen LogP contribution in [0.15, 0.2) is 65.4 Å². The van der Waals surface area contributed by atoms with Crippen molar-refractivity contribution in [3.63, 3.8) is 0 Å². The van der Waals surface area contributed by atoms with Crippen LogP contribution in [0.3, 0.4) is 0 Å². The number of halogens is 3. The predicted octanol–water partition coefficient (Wildman–Crippen LogP) is 3.37. The first-order valence-electron chi connectivity index (χ1n) is 10.2. The molecule has 13 heteroatoms. The molecule has 3 rings (SSSR count). The molecule has 180 valence electrons. The van der Waals surface area contributed by atoms with E-state index in [0.717, 1.165) is 6.20 Å². The zero-order chi connectivity index (χ0) is 24.7. The molecule has 1 unspecified atom stereocenters. The van der Waals surface area contributed by atoms with Crippen LogP contribution in [0.25, 0.3) is 0 Å². The van der Waals surface area contributed by atoms with Gasteiger partial charge in [0.25, 0.3) is 5.69 Å². The van der Waals surface area contributed by atoms with Crippen LogP contribution in [-0.2, 0) is 9.53 Å². The monoisotopic (exact) mass is 478 g/mol. The molecule has 0 amide bonds. The van der Waals surface area contributed by atoms with Crippen LogP contribution < -0.4 is 10.6 Å². The van der Waals surface area contributed by atoms with E-state index in [-0.39, 0.29) is 41.4 Å². The van der Waals surface area contributed by atoms with Gasteiger partial charge in [-0.25, -0.2) is 14.7 Å². The van der Waals surface area contributed by atoms with Crippen LogP contribution in [0.2, 0.25) is 0 Å². The molecule has 1 atom stereocenters. The number of aromatic nitrogens is 1. The summed E-state index contributed by atoms with van der Waals surface area (Å²) in [6, 6.07) is 8.92. The summed E-state index contributed by atoms with van der Waals surface area (Å²) in [5, 5.41) is 16.0. The van der Waals surface area contributed by atoms with Crippen molar-refractivity contribution < 1.29 is 27.6 Å². The van der Waals surface area contributed by atoms with Gasteiger partial charge in [0.05, 0.1) is 29.7 Å². The molecular weight excluding hydrogens is 457 g/mol. The van der Waals surface area contributed by atoms with Gasteiger partial charge in [-0.15, -0.1) is 13.2 Å².